The van der Waals surface area contributed by atoms with Gasteiger partial charge in [-0.25, -0.2) is 0 Å². The Morgan fingerprint density at radius 2 is 0.333 bits per heavy atom. The molecule has 2 aliphatic carbocycles. The number of rotatable bonds is 0. The average Bonchev–Trinajstić information content (AvgIpc) is 2.89. The van der Waals surface area contributed by atoms with Crippen molar-refractivity contribution in [1.82, 2.24) is 0 Å². The molecule has 0 nitrogen and oxygen atoms in total. The van der Waals surface area contributed by atoms with Crippen molar-refractivity contribution in [3.8, 4) is 0 Å². The molecule has 0 aromatic carbocycles. The molecule has 0 atom stereocenters. The monoisotopic (exact) mass is 458 g/mol. The van der Waals surface area contributed by atoms with E-state index in [-0.39, 0.29) is 0 Å². The van der Waals surface area contributed by atoms with E-state index < -0.39 is 0 Å². The van der Waals surface area contributed by atoms with Crippen LogP contribution in [0.1, 0.15) is 69.2 Å². The summed E-state index contributed by atoms with van der Waals surface area (Å²) in [5, 5.41) is 0. The van der Waals surface area contributed by atoms with Crippen molar-refractivity contribution >= 4 is 20.3 Å². The fraction of sp³-hybridized carbons (Fsp3) is 0.500. The van der Waals surface area contributed by atoms with E-state index in [1.54, 1.807) is 0 Å². The first kappa shape index (κ1) is 27.8. The second-order valence-electron chi connectivity index (χ2n) is 6.25. The topological polar surface area (TPSA) is 0 Å². The van der Waals surface area contributed by atoms with Gasteiger partial charge < -0.3 is 0 Å². The zero-order chi connectivity index (χ0) is 19.8. The maximum absolute atomic E-state index is 4.33. The summed E-state index contributed by atoms with van der Waals surface area (Å²) in [7, 11) is 8.65. The van der Waals surface area contributed by atoms with Gasteiger partial charge in [-0.05, 0) is 59.2 Å². The van der Waals surface area contributed by atoms with Crippen molar-refractivity contribution in [1.29, 1.82) is 0 Å². The summed E-state index contributed by atoms with van der Waals surface area (Å²) in [4.78, 5) is 0. The van der Waals surface area contributed by atoms with Gasteiger partial charge in [-0.15, -0.1) is 0 Å². The van der Waals surface area contributed by atoms with Gasteiger partial charge in [0, 0.05) is 0 Å². The average molecular weight is 459 g/mol. The van der Waals surface area contributed by atoms with Crippen molar-refractivity contribution < 1.29 is 29.7 Å². The summed E-state index contributed by atoms with van der Waals surface area (Å²) in [6.07, 6.45) is 0. The third kappa shape index (κ3) is 6.96. The minimum atomic E-state index is 1.47. The standard InChI is InChI=1S/2C10H15.2ClH.2Co/c2*1-6-7(2)9(4)10(5)8(6)3;;;;/h2*1-5H3;2*1H;;/q;;;;2*+2/p-2. The van der Waals surface area contributed by atoms with E-state index in [9.17, 15) is 0 Å². The molecule has 0 unspecified atom stereocenters. The zero-order valence-electron chi connectivity index (χ0n) is 16.4. The number of halogens is 2. The van der Waals surface area contributed by atoms with Gasteiger partial charge in [-0.1, -0.05) is 69.2 Å². The van der Waals surface area contributed by atoms with E-state index in [1.165, 1.54) is 59.2 Å². The predicted octanol–water partition coefficient (Wildman–Crippen LogP) is 7.32. The molecule has 0 aromatic rings. The van der Waals surface area contributed by atoms with E-state index in [2.05, 4.69) is 119 Å². The van der Waals surface area contributed by atoms with Crippen molar-refractivity contribution in [2.75, 3.05) is 0 Å². The Bertz CT molecular complexity index is 194. The third-order valence-corrected chi connectivity index (χ3v) is 5.62. The van der Waals surface area contributed by atoms with Gasteiger partial charge in [0.15, 0.2) is 0 Å². The third-order valence-electron chi connectivity index (χ3n) is 5.62. The molecule has 0 saturated heterocycles. The normalized spacial score (nSPS) is 24.2. The molecule has 0 N–H and O–H groups in total. The van der Waals surface area contributed by atoms with Crippen LogP contribution in [0, 0.1) is 59.2 Å². The number of hydrogen-bond donors (Lipinski definition) is 0. The van der Waals surface area contributed by atoms with Gasteiger partial charge in [0.05, 0.1) is 0 Å². The summed E-state index contributed by atoms with van der Waals surface area (Å²) in [6, 6.07) is 0. The molecule has 0 aliphatic heterocycles. The van der Waals surface area contributed by atoms with Crippen molar-refractivity contribution in [2.24, 2.45) is 0 Å². The van der Waals surface area contributed by atoms with Crippen LogP contribution in [0.5, 0.6) is 0 Å². The van der Waals surface area contributed by atoms with Gasteiger partial charge in [0.2, 0.25) is 0 Å². The van der Waals surface area contributed by atoms with Crippen LogP contribution in [0.25, 0.3) is 0 Å². The van der Waals surface area contributed by atoms with Crippen molar-refractivity contribution in [2.45, 2.75) is 69.2 Å². The first-order valence-corrected chi connectivity index (χ1v) is 10.6. The van der Waals surface area contributed by atoms with Gasteiger partial charge in [0.1, 0.15) is 0 Å². The Morgan fingerprint density at radius 3 is 0.375 bits per heavy atom. The van der Waals surface area contributed by atoms with E-state index in [4.69, 9.17) is 0 Å². The van der Waals surface area contributed by atoms with Crippen LogP contribution < -0.4 is 0 Å². The van der Waals surface area contributed by atoms with Gasteiger partial charge in [-0.3, -0.25) is 0 Å². The van der Waals surface area contributed by atoms with Crippen LogP contribution in [-0.4, -0.2) is 0 Å². The molecule has 0 amide bonds. The van der Waals surface area contributed by atoms with Gasteiger partial charge in [0.25, 0.3) is 0 Å². The molecule has 140 valence electrons. The van der Waals surface area contributed by atoms with Crippen LogP contribution in [0.2, 0.25) is 0 Å². The molecular weight excluding hydrogens is 429 g/mol. The Hall–Kier alpha value is 1.59. The first-order chi connectivity index (χ1) is 11.1. The zero-order valence-corrected chi connectivity index (χ0v) is 20.0. The molecular formula is C20H30Cl2Co2+2. The van der Waals surface area contributed by atoms with Crippen LogP contribution in [0.4, 0.5) is 0 Å². The Morgan fingerprint density at radius 1 is 0.292 bits per heavy atom. The predicted molar refractivity (Wildman–Crippen MR) is 101 cm³/mol. The molecule has 0 spiro atoms. The van der Waals surface area contributed by atoms with Gasteiger partial charge in [-0.2, -0.15) is 0 Å². The Kier molecular flexibility index (Phi) is 15.9. The summed E-state index contributed by atoms with van der Waals surface area (Å²) in [6.45, 7) is 22.0. The molecule has 0 bridgehead atoms. The second kappa shape index (κ2) is 13.7. The summed E-state index contributed by atoms with van der Waals surface area (Å²) in [5.41, 5.74) is 0. The van der Waals surface area contributed by atoms with E-state index in [0.717, 1.165) is 0 Å². The fourth-order valence-electron chi connectivity index (χ4n) is 2.81. The Labute approximate surface area is 177 Å². The molecule has 4 heteroatoms. The molecule has 10 radical (unpaired) electrons. The Balaban J connectivity index is 0. The van der Waals surface area contributed by atoms with E-state index >= 15 is 0 Å². The van der Waals surface area contributed by atoms with Crippen LogP contribution >= 0.6 is 20.3 Å². The minimum absolute atomic E-state index is 1.47. The van der Waals surface area contributed by atoms with E-state index in [0.29, 0.717) is 0 Å². The first-order valence-electron chi connectivity index (χ1n) is 7.75. The van der Waals surface area contributed by atoms with Crippen molar-refractivity contribution in [3.05, 3.63) is 59.2 Å². The maximum atomic E-state index is 4.33. The van der Waals surface area contributed by atoms with Crippen LogP contribution in [0.15, 0.2) is 0 Å². The van der Waals surface area contributed by atoms with Crippen LogP contribution in [0.3, 0.4) is 0 Å². The summed E-state index contributed by atoms with van der Waals surface area (Å²) < 4.78 is 0. The molecule has 0 aromatic heterocycles. The second-order valence-corrected chi connectivity index (χ2v) is 6.25. The molecule has 2 rings (SSSR count). The molecule has 2 aliphatic rings. The molecule has 2 saturated carbocycles. The fourth-order valence-corrected chi connectivity index (χ4v) is 2.81. The number of hydrogen-bond acceptors (Lipinski definition) is 0. The summed E-state index contributed by atoms with van der Waals surface area (Å²) in [5.74, 6) is 14.7. The SMILES string of the molecule is C[C]1[C](C)[C](C)[C](C)[C]1C.C[C]1[C](C)[C](C)[C](C)[C]1C.[Cl][Co+].[Cl][Co+]. The summed E-state index contributed by atoms with van der Waals surface area (Å²) >= 11 is 6.07. The van der Waals surface area contributed by atoms with Gasteiger partial charge >= 0.3 is 50.0 Å². The van der Waals surface area contributed by atoms with E-state index in [1.807, 2.05) is 0 Å². The van der Waals surface area contributed by atoms with Crippen molar-refractivity contribution in [3.63, 3.8) is 0 Å². The molecule has 0 heterocycles. The van der Waals surface area contributed by atoms with Crippen LogP contribution in [-0.2, 0) is 29.7 Å². The quantitative estimate of drug-likeness (QED) is 0.356. The molecule has 24 heavy (non-hydrogen) atoms. The molecule has 2 fully saturated rings.